The Balaban J connectivity index is 2.35. The molecule has 1 N–H and O–H groups in total. The van der Waals surface area contributed by atoms with Crippen LogP contribution in [-0.2, 0) is 9.47 Å². The molecule has 1 rings (SSSR count). The van der Waals surface area contributed by atoms with Crippen LogP contribution >= 0.6 is 0 Å². The van der Waals surface area contributed by atoms with E-state index < -0.39 is 0 Å². The van der Waals surface area contributed by atoms with Gasteiger partial charge in [0.15, 0.2) is 6.29 Å². The van der Waals surface area contributed by atoms with E-state index in [2.05, 4.69) is 0 Å². The highest BCUT2D eigenvalue weighted by Gasteiger charge is 2.24. The minimum absolute atomic E-state index is 0.119. The van der Waals surface area contributed by atoms with E-state index >= 15 is 0 Å². The molecule has 3 nitrogen and oxygen atoms in total. The largest absolute Gasteiger partial charge is 0.393 e. The molecule has 0 aromatic rings. The Kier molecular flexibility index (Phi) is 2.65. The van der Waals surface area contributed by atoms with Crippen LogP contribution in [0.2, 0.25) is 0 Å². The summed E-state index contributed by atoms with van der Waals surface area (Å²) in [5.41, 5.74) is 0. The van der Waals surface area contributed by atoms with Crippen molar-refractivity contribution in [2.24, 2.45) is 0 Å². The first kappa shape index (κ1) is 7.98. The zero-order chi connectivity index (χ0) is 7.56. The Labute approximate surface area is 60.9 Å². The average Bonchev–Trinajstić information content (AvgIpc) is 1.85. The first-order valence-corrected chi connectivity index (χ1v) is 3.58. The second-order valence-electron chi connectivity index (χ2n) is 2.74. The number of hydrogen-bond donors (Lipinski definition) is 1. The Hall–Kier alpha value is -0.120. The van der Waals surface area contributed by atoms with Gasteiger partial charge in [-0.15, -0.1) is 0 Å². The molecule has 0 unspecified atom stereocenters. The Morgan fingerprint density at radius 2 is 2.20 bits per heavy atom. The van der Waals surface area contributed by atoms with Crippen LogP contribution in [0.1, 0.15) is 19.8 Å². The summed E-state index contributed by atoms with van der Waals surface area (Å²) in [6.45, 7) is 1.94. The van der Waals surface area contributed by atoms with Gasteiger partial charge in [-0.3, -0.25) is 0 Å². The number of methoxy groups -OCH3 is 1. The van der Waals surface area contributed by atoms with Gasteiger partial charge in [0.2, 0.25) is 0 Å². The van der Waals surface area contributed by atoms with Gasteiger partial charge >= 0.3 is 0 Å². The first-order valence-electron chi connectivity index (χ1n) is 3.58. The predicted octanol–water partition coefficient (Wildman–Crippen LogP) is 0.519. The van der Waals surface area contributed by atoms with Crippen molar-refractivity contribution in [3.8, 4) is 0 Å². The lowest BCUT2D eigenvalue weighted by Crippen LogP contribution is -2.34. The molecule has 0 radical (unpaired) electrons. The topological polar surface area (TPSA) is 38.7 Å². The highest BCUT2D eigenvalue weighted by atomic mass is 16.7. The lowest BCUT2D eigenvalue weighted by Gasteiger charge is -2.29. The van der Waals surface area contributed by atoms with Gasteiger partial charge in [0.25, 0.3) is 0 Å². The van der Waals surface area contributed by atoms with Crippen molar-refractivity contribution in [2.45, 2.75) is 38.3 Å². The molecule has 3 heteroatoms. The molecular weight excluding hydrogens is 132 g/mol. The van der Waals surface area contributed by atoms with Crippen molar-refractivity contribution in [3.05, 3.63) is 0 Å². The van der Waals surface area contributed by atoms with Crippen LogP contribution in [0.15, 0.2) is 0 Å². The third-order valence-corrected chi connectivity index (χ3v) is 1.72. The number of aliphatic hydroxyl groups is 1. The van der Waals surface area contributed by atoms with Gasteiger partial charge in [-0.2, -0.15) is 0 Å². The Bertz CT molecular complexity index is 95.0. The molecule has 10 heavy (non-hydrogen) atoms. The summed E-state index contributed by atoms with van der Waals surface area (Å²) < 4.78 is 10.3. The van der Waals surface area contributed by atoms with E-state index in [1.165, 1.54) is 0 Å². The van der Waals surface area contributed by atoms with E-state index in [1.54, 1.807) is 7.11 Å². The van der Waals surface area contributed by atoms with Crippen LogP contribution in [0.4, 0.5) is 0 Å². The fraction of sp³-hybridized carbons (Fsp3) is 1.00. The van der Waals surface area contributed by atoms with Crippen LogP contribution in [0.25, 0.3) is 0 Å². The van der Waals surface area contributed by atoms with Gasteiger partial charge < -0.3 is 14.6 Å². The average molecular weight is 146 g/mol. The van der Waals surface area contributed by atoms with E-state index in [0.29, 0.717) is 6.42 Å². The highest BCUT2D eigenvalue weighted by Crippen LogP contribution is 2.19. The van der Waals surface area contributed by atoms with E-state index in [9.17, 15) is 5.11 Å². The molecule has 0 bridgehead atoms. The molecule has 1 aliphatic rings. The minimum atomic E-state index is -0.256. The number of ether oxygens (including phenoxy) is 2. The molecule has 0 aromatic carbocycles. The van der Waals surface area contributed by atoms with Gasteiger partial charge in [-0.1, -0.05) is 0 Å². The first-order chi connectivity index (χ1) is 4.72. The van der Waals surface area contributed by atoms with Crippen LogP contribution in [-0.4, -0.2) is 30.7 Å². The van der Waals surface area contributed by atoms with Crippen molar-refractivity contribution >= 4 is 0 Å². The molecule has 1 aliphatic heterocycles. The summed E-state index contributed by atoms with van der Waals surface area (Å²) in [6.07, 6.45) is 0.974. The van der Waals surface area contributed by atoms with Crippen LogP contribution in [0.5, 0.6) is 0 Å². The lowest BCUT2D eigenvalue weighted by molar-refractivity contribution is -0.198. The van der Waals surface area contributed by atoms with Gasteiger partial charge in [0, 0.05) is 13.5 Å². The lowest BCUT2D eigenvalue weighted by atomic mass is 10.1. The molecule has 1 saturated heterocycles. The molecule has 0 amide bonds. The van der Waals surface area contributed by atoms with Gasteiger partial charge in [0.1, 0.15) is 0 Å². The zero-order valence-electron chi connectivity index (χ0n) is 6.41. The number of hydrogen-bond acceptors (Lipinski definition) is 3. The van der Waals surface area contributed by atoms with Crippen molar-refractivity contribution in [1.29, 1.82) is 0 Å². The SMILES string of the molecule is CO[C@@H]1C[C@@H](O)C[C@@H](C)O1. The van der Waals surface area contributed by atoms with Crippen molar-refractivity contribution < 1.29 is 14.6 Å². The normalized spacial score (nSPS) is 41.7. The third kappa shape index (κ3) is 1.94. The second kappa shape index (κ2) is 3.32. The van der Waals surface area contributed by atoms with E-state index in [1.807, 2.05) is 6.92 Å². The molecule has 0 saturated carbocycles. The van der Waals surface area contributed by atoms with Gasteiger partial charge in [0.05, 0.1) is 12.2 Å². The fourth-order valence-corrected chi connectivity index (χ4v) is 1.22. The summed E-state index contributed by atoms with van der Waals surface area (Å²) >= 11 is 0. The Morgan fingerprint density at radius 1 is 1.50 bits per heavy atom. The maximum Gasteiger partial charge on any atom is 0.160 e. The van der Waals surface area contributed by atoms with Crippen molar-refractivity contribution in [1.82, 2.24) is 0 Å². The third-order valence-electron chi connectivity index (χ3n) is 1.72. The zero-order valence-corrected chi connectivity index (χ0v) is 6.41. The molecule has 0 aromatic heterocycles. The highest BCUT2D eigenvalue weighted by molar-refractivity contribution is 4.69. The molecule has 60 valence electrons. The molecule has 1 heterocycles. The maximum absolute atomic E-state index is 9.22. The maximum atomic E-state index is 9.22. The molecular formula is C7H14O3. The summed E-state index contributed by atoms with van der Waals surface area (Å²) in [7, 11) is 1.59. The molecule has 0 aliphatic carbocycles. The Morgan fingerprint density at radius 3 is 2.70 bits per heavy atom. The summed E-state index contributed by atoms with van der Waals surface area (Å²) in [5, 5.41) is 9.22. The summed E-state index contributed by atoms with van der Waals surface area (Å²) in [4.78, 5) is 0. The van der Waals surface area contributed by atoms with Crippen LogP contribution in [0, 0.1) is 0 Å². The van der Waals surface area contributed by atoms with E-state index in [-0.39, 0.29) is 18.5 Å². The van der Waals surface area contributed by atoms with Crippen molar-refractivity contribution in [2.75, 3.05) is 7.11 Å². The van der Waals surface area contributed by atoms with Gasteiger partial charge in [-0.05, 0) is 13.3 Å². The smallest absolute Gasteiger partial charge is 0.160 e. The predicted molar refractivity (Wildman–Crippen MR) is 36.6 cm³/mol. The molecule has 3 atom stereocenters. The molecule has 0 spiro atoms. The van der Waals surface area contributed by atoms with Crippen molar-refractivity contribution in [3.63, 3.8) is 0 Å². The fourth-order valence-electron chi connectivity index (χ4n) is 1.22. The number of aliphatic hydroxyl groups excluding tert-OH is 1. The number of rotatable bonds is 1. The second-order valence-corrected chi connectivity index (χ2v) is 2.74. The van der Waals surface area contributed by atoms with E-state index in [4.69, 9.17) is 9.47 Å². The summed E-state index contributed by atoms with van der Waals surface area (Å²) in [6, 6.07) is 0. The van der Waals surface area contributed by atoms with Crippen LogP contribution < -0.4 is 0 Å². The molecule has 1 fully saturated rings. The van der Waals surface area contributed by atoms with Gasteiger partial charge in [-0.25, -0.2) is 0 Å². The van der Waals surface area contributed by atoms with Crippen LogP contribution in [0.3, 0.4) is 0 Å². The minimum Gasteiger partial charge on any atom is -0.393 e. The monoisotopic (exact) mass is 146 g/mol. The standard InChI is InChI=1S/C7H14O3/c1-5-3-6(8)4-7(9-2)10-5/h5-8H,3-4H2,1-2H3/t5-,6+,7+/m1/s1. The summed E-state index contributed by atoms with van der Waals surface area (Å²) in [5.74, 6) is 0. The van der Waals surface area contributed by atoms with E-state index in [0.717, 1.165) is 6.42 Å². The quantitative estimate of drug-likeness (QED) is 0.586.